The predicted octanol–water partition coefficient (Wildman–Crippen LogP) is 2.89. The molecule has 84 valence electrons. The summed E-state index contributed by atoms with van der Waals surface area (Å²) in [6, 6.07) is 10.4. The maximum atomic E-state index is 5.55. The average molecular weight is 216 g/mol. The predicted molar refractivity (Wildman–Crippen MR) is 65.7 cm³/mol. The molecule has 0 saturated heterocycles. The molecule has 1 heterocycles. The third kappa shape index (κ3) is 1.75. The zero-order valence-electron chi connectivity index (χ0n) is 10.3. The van der Waals surface area contributed by atoms with Crippen molar-refractivity contribution < 1.29 is 9.30 Å². The molecule has 0 aliphatic heterocycles. The Morgan fingerprint density at radius 1 is 1.06 bits per heavy atom. The molecule has 0 spiro atoms. The first kappa shape index (κ1) is 10.9. The van der Waals surface area contributed by atoms with Crippen LogP contribution in [0.3, 0.4) is 0 Å². The molecule has 1 aromatic carbocycles. The van der Waals surface area contributed by atoms with E-state index in [1.165, 1.54) is 5.39 Å². The molecular weight excluding hydrogens is 198 g/mol. The molecule has 1 aromatic heterocycles. The number of hydrogen-bond acceptors (Lipinski definition) is 1. The molecular formula is C14H18NO+. The largest absolute Gasteiger partial charge is 0.447 e. The van der Waals surface area contributed by atoms with E-state index in [9.17, 15) is 0 Å². The van der Waals surface area contributed by atoms with Crippen LogP contribution in [-0.2, 0) is 5.54 Å². The highest BCUT2D eigenvalue weighted by atomic mass is 16.5. The van der Waals surface area contributed by atoms with Crippen molar-refractivity contribution in [3.8, 4) is 5.88 Å². The van der Waals surface area contributed by atoms with Crippen LogP contribution in [0.25, 0.3) is 10.8 Å². The van der Waals surface area contributed by atoms with Crippen LogP contribution in [0.2, 0.25) is 0 Å². The topological polar surface area (TPSA) is 13.1 Å². The highest BCUT2D eigenvalue weighted by Crippen LogP contribution is 2.23. The molecule has 0 N–H and O–H groups in total. The summed E-state index contributed by atoms with van der Waals surface area (Å²) in [5, 5.41) is 2.36. The van der Waals surface area contributed by atoms with Gasteiger partial charge in [0.25, 0.3) is 0 Å². The number of rotatable bonds is 1. The van der Waals surface area contributed by atoms with Crippen LogP contribution in [0.5, 0.6) is 5.88 Å². The molecule has 2 aromatic rings. The number of ether oxygens (including phenoxy) is 1. The van der Waals surface area contributed by atoms with Gasteiger partial charge in [0, 0.05) is 26.8 Å². The lowest BCUT2D eigenvalue weighted by Gasteiger charge is -2.16. The zero-order chi connectivity index (χ0) is 11.8. The highest BCUT2D eigenvalue weighted by molar-refractivity contribution is 5.85. The van der Waals surface area contributed by atoms with E-state index in [1.54, 1.807) is 7.11 Å². The third-order valence-corrected chi connectivity index (χ3v) is 2.73. The van der Waals surface area contributed by atoms with Crippen molar-refractivity contribution in [1.82, 2.24) is 0 Å². The summed E-state index contributed by atoms with van der Waals surface area (Å²) < 4.78 is 7.71. The number of hydrogen-bond donors (Lipinski definition) is 0. The van der Waals surface area contributed by atoms with Crippen molar-refractivity contribution in [2.75, 3.05) is 7.11 Å². The van der Waals surface area contributed by atoms with E-state index < -0.39 is 0 Å². The van der Waals surface area contributed by atoms with Gasteiger partial charge < -0.3 is 4.74 Å². The molecule has 2 heteroatoms. The molecule has 0 bridgehead atoms. The molecule has 0 radical (unpaired) electrons. The molecule has 16 heavy (non-hydrogen) atoms. The summed E-state index contributed by atoms with van der Waals surface area (Å²) in [7, 11) is 1.73. The summed E-state index contributed by atoms with van der Waals surface area (Å²) in [5.74, 6) is 0.922. The average Bonchev–Trinajstić information content (AvgIpc) is 2.26. The van der Waals surface area contributed by atoms with Gasteiger partial charge in [-0.2, -0.15) is 4.57 Å². The van der Waals surface area contributed by atoms with E-state index in [-0.39, 0.29) is 5.54 Å². The summed E-state index contributed by atoms with van der Waals surface area (Å²) in [6.07, 6.45) is 2.08. The van der Waals surface area contributed by atoms with Gasteiger partial charge in [0.1, 0.15) is 0 Å². The van der Waals surface area contributed by atoms with Gasteiger partial charge in [-0.1, -0.05) is 18.2 Å². The minimum atomic E-state index is 0.0232. The number of methoxy groups -OCH3 is 1. The van der Waals surface area contributed by atoms with Gasteiger partial charge in [0.2, 0.25) is 0 Å². The molecule has 2 nitrogen and oxygen atoms in total. The van der Waals surface area contributed by atoms with Gasteiger partial charge in [-0.05, 0) is 11.5 Å². The first-order valence-electron chi connectivity index (χ1n) is 5.52. The fourth-order valence-electron chi connectivity index (χ4n) is 1.93. The Morgan fingerprint density at radius 2 is 1.75 bits per heavy atom. The SMILES string of the molecule is COc1c2ccccc2cc[n+]1C(C)(C)C. The number of fused-ring (bicyclic) bond motifs is 1. The van der Waals surface area contributed by atoms with Crippen LogP contribution in [0.1, 0.15) is 20.8 Å². The lowest BCUT2D eigenvalue weighted by atomic mass is 10.1. The Bertz CT molecular complexity index is 512. The fraction of sp³-hybridized carbons (Fsp3) is 0.357. The van der Waals surface area contributed by atoms with Gasteiger partial charge in [-0.15, -0.1) is 0 Å². The van der Waals surface area contributed by atoms with Crippen LogP contribution in [0.4, 0.5) is 0 Å². The molecule has 0 atom stereocenters. The van der Waals surface area contributed by atoms with Crippen LogP contribution >= 0.6 is 0 Å². The number of benzene rings is 1. The third-order valence-electron chi connectivity index (χ3n) is 2.73. The van der Waals surface area contributed by atoms with E-state index in [1.807, 2.05) is 12.1 Å². The van der Waals surface area contributed by atoms with Gasteiger partial charge in [0.15, 0.2) is 11.7 Å². The summed E-state index contributed by atoms with van der Waals surface area (Å²) in [5.41, 5.74) is 0.0232. The van der Waals surface area contributed by atoms with Crippen molar-refractivity contribution in [3.63, 3.8) is 0 Å². The Morgan fingerprint density at radius 3 is 2.38 bits per heavy atom. The van der Waals surface area contributed by atoms with E-state index in [2.05, 4.69) is 49.7 Å². The Kier molecular flexibility index (Phi) is 2.58. The van der Waals surface area contributed by atoms with Gasteiger partial charge in [0.05, 0.1) is 12.5 Å². The number of pyridine rings is 1. The second-order valence-corrected chi connectivity index (χ2v) is 4.95. The van der Waals surface area contributed by atoms with Crippen molar-refractivity contribution in [2.45, 2.75) is 26.3 Å². The summed E-state index contributed by atoms with van der Waals surface area (Å²) in [4.78, 5) is 0. The second-order valence-electron chi connectivity index (χ2n) is 4.95. The van der Waals surface area contributed by atoms with Gasteiger partial charge >= 0.3 is 5.88 Å². The number of aromatic nitrogens is 1. The monoisotopic (exact) mass is 216 g/mol. The maximum Gasteiger partial charge on any atom is 0.376 e. The Labute approximate surface area is 96.5 Å². The minimum Gasteiger partial charge on any atom is -0.447 e. The second kappa shape index (κ2) is 3.78. The molecule has 0 unspecified atom stereocenters. The van der Waals surface area contributed by atoms with Gasteiger partial charge in [-0.25, -0.2) is 0 Å². The van der Waals surface area contributed by atoms with Gasteiger partial charge in [-0.3, -0.25) is 0 Å². The Hall–Kier alpha value is -1.57. The first-order valence-corrected chi connectivity index (χ1v) is 5.52. The zero-order valence-corrected chi connectivity index (χ0v) is 10.3. The van der Waals surface area contributed by atoms with Crippen molar-refractivity contribution >= 4 is 10.8 Å². The van der Waals surface area contributed by atoms with E-state index in [4.69, 9.17) is 4.74 Å². The molecule has 0 aliphatic carbocycles. The molecule has 2 rings (SSSR count). The smallest absolute Gasteiger partial charge is 0.376 e. The molecule has 0 amide bonds. The quantitative estimate of drug-likeness (QED) is 0.668. The Balaban J connectivity index is 2.78. The van der Waals surface area contributed by atoms with E-state index >= 15 is 0 Å². The lowest BCUT2D eigenvalue weighted by molar-refractivity contribution is -0.756. The lowest BCUT2D eigenvalue weighted by Crippen LogP contribution is -2.50. The van der Waals surface area contributed by atoms with Crippen molar-refractivity contribution in [3.05, 3.63) is 36.5 Å². The summed E-state index contributed by atoms with van der Waals surface area (Å²) >= 11 is 0. The van der Waals surface area contributed by atoms with Crippen LogP contribution in [0.15, 0.2) is 36.5 Å². The number of nitrogens with zero attached hydrogens (tertiary/aromatic N) is 1. The molecule has 0 fully saturated rings. The standard InChI is InChI=1S/C14H18NO/c1-14(2,3)15-10-9-11-7-5-6-8-12(11)13(15)16-4/h5-10H,1-4H3/q+1. The van der Waals surface area contributed by atoms with Crippen LogP contribution in [0, 0.1) is 0 Å². The minimum absolute atomic E-state index is 0.0232. The molecule has 0 aliphatic rings. The van der Waals surface area contributed by atoms with Crippen LogP contribution in [-0.4, -0.2) is 7.11 Å². The van der Waals surface area contributed by atoms with E-state index in [0.717, 1.165) is 11.3 Å². The highest BCUT2D eigenvalue weighted by Gasteiger charge is 2.27. The first-order chi connectivity index (χ1) is 7.54. The van der Waals surface area contributed by atoms with Crippen molar-refractivity contribution in [1.29, 1.82) is 0 Å². The summed E-state index contributed by atoms with van der Waals surface area (Å²) in [6.45, 7) is 6.51. The maximum absolute atomic E-state index is 5.55. The fourth-order valence-corrected chi connectivity index (χ4v) is 1.93. The van der Waals surface area contributed by atoms with Crippen LogP contribution < -0.4 is 9.30 Å². The normalized spacial score (nSPS) is 11.8. The van der Waals surface area contributed by atoms with E-state index in [0.29, 0.717) is 0 Å². The van der Waals surface area contributed by atoms with Crippen molar-refractivity contribution in [2.24, 2.45) is 0 Å². The molecule has 0 saturated carbocycles.